The fourth-order valence-electron chi connectivity index (χ4n) is 1.15. The number of halogens is 2. The van der Waals surface area contributed by atoms with E-state index in [1.165, 1.54) is 0 Å². The first kappa shape index (κ1) is 11.9. The van der Waals surface area contributed by atoms with Crippen molar-refractivity contribution in [1.82, 2.24) is 4.98 Å². The van der Waals surface area contributed by atoms with Gasteiger partial charge in [0.15, 0.2) is 5.76 Å². The Labute approximate surface area is 114 Å². The molecule has 0 saturated heterocycles. The van der Waals surface area contributed by atoms with Crippen LogP contribution in [-0.4, -0.2) is 4.98 Å². The molecule has 0 aliphatic heterocycles. The Balaban J connectivity index is 2.13. The minimum absolute atomic E-state index is 0.328. The van der Waals surface area contributed by atoms with Crippen LogP contribution in [0.25, 0.3) is 0 Å². The summed E-state index contributed by atoms with van der Waals surface area (Å²) < 4.78 is 12.6. The van der Waals surface area contributed by atoms with E-state index in [1.807, 2.05) is 18.2 Å². The number of nitrogens with one attached hydrogen (secondary N) is 1. The quantitative estimate of drug-likeness (QED) is 0.818. The molecule has 0 aliphatic rings. The Bertz CT molecular complexity index is 529. The molecule has 0 atom stereocenters. The van der Waals surface area contributed by atoms with Crippen LogP contribution in [-0.2, 0) is 6.61 Å². The van der Waals surface area contributed by atoms with Crippen molar-refractivity contribution in [3.63, 3.8) is 0 Å². The molecule has 1 aromatic heterocycles. The summed E-state index contributed by atoms with van der Waals surface area (Å²) in [5.74, 6) is 1.40. The SMILES string of the molecule is S=c1[nH]cc(COc2c(Br)cccc2Br)o1. The average molecular weight is 365 g/mol. The zero-order chi connectivity index (χ0) is 11.5. The van der Waals surface area contributed by atoms with E-state index < -0.39 is 0 Å². The standard InChI is InChI=1S/C10H7Br2NO2S/c11-7-2-1-3-8(12)9(7)14-5-6-4-13-10(16)15-6/h1-4H,5H2,(H,13,16). The van der Waals surface area contributed by atoms with E-state index >= 15 is 0 Å². The van der Waals surface area contributed by atoms with Crippen LogP contribution in [0.5, 0.6) is 5.75 Å². The molecule has 0 spiro atoms. The van der Waals surface area contributed by atoms with Gasteiger partial charge < -0.3 is 14.1 Å². The summed E-state index contributed by atoms with van der Waals surface area (Å²) in [7, 11) is 0. The summed E-state index contributed by atoms with van der Waals surface area (Å²) in [5, 5.41) is 0. The third-order valence-corrected chi connectivity index (χ3v) is 3.30. The van der Waals surface area contributed by atoms with E-state index in [9.17, 15) is 0 Å². The smallest absolute Gasteiger partial charge is 0.266 e. The molecule has 0 unspecified atom stereocenters. The van der Waals surface area contributed by atoms with Gasteiger partial charge in [0.2, 0.25) is 0 Å². The molecule has 2 rings (SSSR count). The van der Waals surface area contributed by atoms with Crippen LogP contribution in [0.4, 0.5) is 0 Å². The van der Waals surface area contributed by atoms with Gasteiger partial charge in [0.25, 0.3) is 4.84 Å². The molecule has 0 fully saturated rings. The predicted molar refractivity (Wildman–Crippen MR) is 70.1 cm³/mol. The van der Waals surface area contributed by atoms with Crippen molar-refractivity contribution in [3.05, 3.63) is 43.9 Å². The maximum atomic E-state index is 5.61. The van der Waals surface area contributed by atoms with Gasteiger partial charge in [-0.05, 0) is 56.2 Å². The number of oxazole rings is 1. The van der Waals surface area contributed by atoms with Crippen LogP contribution in [0.15, 0.2) is 37.8 Å². The lowest BCUT2D eigenvalue weighted by Crippen LogP contribution is -1.95. The Kier molecular flexibility index (Phi) is 3.83. The van der Waals surface area contributed by atoms with Gasteiger partial charge in [-0.15, -0.1) is 0 Å². The van der Waals surface area contributed by atoms with Gasteiger partial charge in [-0.1, -0.05) is 6.07 Å². The molecule has 0 bridgehead atoms. The fourth-order valence-corrected chi connectivity index (χ4v) is 2.55. The summed E-state index contributed by atoms with van der Waals surface area (Å²) in [6.45, 7) is 0.328. The first-order chi connectivity index (χ1) is 7.66. The first-order valence-electron chi connectivity index (χ1n) is 4.41. The Morgan fingerprint density at radius 3 is 2.56 bits per heavy atom. The van der Waals surface area contributed by atoms with E-state index in [0.717, 1.165) is 14.7 Å². The van der Waals surface area contributed by atoms with Gasteiger partial charge in [0.05, 0.1) is 8.95 Å². The third-order valence-electron chi connectivity index (χ3n) is 1.85. The molecule has 0 aliphatic carbocycles. The second-order valence-corrected chi connectivity index (χ2v) is 5.06. The summed E-state index contributed by atoms with van der Waals surface area (Å²) >= 11 is 11.6. The van der Waals surface area contributed by atoms with Crippen molar-refractivity contribution in [2.24, 2.45) is 0 Å². The molecule has 1 N–H and O–H groups in total. The number of benzene rings is 1. The van der Waals surface area contributed by atoms with Crippen LogP contribution in [0, 0.1) is 4.84 Å². The van der Waals surface area contributed by atoms with Crippen molar-refractivity contribution < 1.29 is 9.15 Å². The minimum Gasteiger partial charge on any atom is -0.483 e. The average Bonchev–Trinajstić information content (AvgIpc) is 2.63. The van der Waals surface area contributed by atoms with Crippen LogP contribution in [0.1, 0.15) is 5.76 Å². The van der Waals surface area contributed by atoms with E-state index in [0.29, 0.717) is 17.2 Å². The molecule has 6 heteroatoms. The molecule has 2 aromatic rings. The predicted octanol–water partition coefficient (Wildman–Crippen LogP) is 4.44. The molecule has 16 heavy (non-hydrogen) atoms. The van der Waals surface area contributed by atoms with Crippen LogP contribution in [0.3, 0.4) is 0 Å². The minimum atomic E-state index is 0.328. The summed E-state index contributed by atoms with van der Waals surface area (Å²) in [4.78, 5) is 3.13. The Morgan fingerprint density at radius 2 is 2.00 bits per heavy atom. The van der Waals surface area contributed by atoms with Crippen molar-refractivity contribution >= 4 is 44.1 Å². The van der Waals surface area contributed by atoms with Crippen LogP contribution < -0.4 is 4.74 Å². The van der Waals surface area contributed by atoms with Gasteiger partial charge in [-0.2, -0.15) is 0 Å². The summed E-state index contributed by atoms with van der Waals surface area (Å²) in [5.41, 5.74) is 0. The summed E-state index contributed by atoms with van der Waals surface area (Å²) in [6, 6.07) is 5.74. The van der Waals surface area contributed by atoms with Crippen molar-refractivity contribution in [3.8, 4) is 5.75 Å². The highest BCUT2D eigenvalue weighted by Crippen LogP contribution is 2.33. The van der Waals surface area contributed by atoms with Crippen LogP contribution >= 0.6 is 44.1 Å². The molecule has 84 valence electrons. The lowest BCUT2D eigenvalue weighted by atomic mass is 10.3. The first-order valence-corrected chi connectivity index (χ1v) is 6.40. The van der Waals surface area contributed by atoms with E-state index in [-0.39, 0.29) is 0 Å². The van der Waals surface area contributed by atoms with Gasteiger partial charge in [-0.3, -0.25) is 0 Å². The number of aromatic amines is 1. The van der Waals surface area contributed by atoms with Crippen molar-refractivity contribution in [2.45, 2.75) is 6.61 Å². The molecule has 3 nitrogen and oxygen atoms in total. The number of H-pyrrole nitrogens is 1. The van der Waals surface area contributed by atoms with Crippen molar-refractivity contribution in [1.29, 1.82) is 0 Å². The largest absolute Gasteiger partial charge is 0.483 e. The van der Waals surface area contributed by atoms with Gasteiger partial charge in [0, 0.05) is 6.20 Å². The second kappa shape index (κ2) is 5.16. The zero-order valence-corrected chi connectivity index (χ0v) is 12.0. The number of rotatable bonds is 3. The molecule has 1 aromatic carbocycles. The van der Waals surface area contributed by atoms with E-state index in [1.54, 1.807) is 6.20 Å². The number of para-hydroxylation sites is 1. The van der Waals surface area contributed by atoms with Gasteiger partial charge >= 0.3 is 0 Å². The number of hydrogen-bond donors (Lipinski definition) is 1. The highest BCUT2D eigenvalue weighted by Gasteiger charge is 2.07. The lowest BCUT2D eigenvalue weighted by Gasteiger charge is -2.08. The lowest BCUT2D eigenvalue weighted by molar-refractivity contribution is 0.265. The normalized spacial score (nSPS) is 10.4. The highest BCUT2D eigenvalue weighted by molar-refractivity contribution is 9.11. The Morgan fingerprint density at radius 1 is 1.31 bits per heavy atom. The number of ether oxygens (including phenoxy) is 1. The number of hydrogen-bond acceptors (Lipinski definition) is 3. The summed E-state index contributed by atoms with van der Waals surface area (Å²) in [6.07, 6.45) is 1.69. The van der Waals surface area contributed by atoms with Gasteiger partial charge in [-0.25, -0.2) is 0 Å². The van der Waals surface area contributed by atoms with Crippen LogP contribution in [0.2, 0.25) is 0 Å². The molecule has 1 heterocycles. The third kappa shape index (κ3) is 2.75. The molecular formula is C10H7Br2NO2S. The second-order valence-electron chi connectivity index (χ2n) is 2.98. The fraction of sp³-hybridized carbons (Fsp3) is 0.100. The van der Waals surface area contributed by atoms with Gasteiger partial charge in [0.1, 0.15) is 12.4 Å². The molecule has 0 saturated carbocycles. The monoisotopic (exact) mass is 363 g/mol. The van der Waals surface area contributed by atoms with Crippen molar-refractivity contribution in [2.75, 3.05) is 0 Å². The maximum absolute atomic E-state index is 5.61. The highest BCUT2D eigenvalue weighted by atomic mass is 79.9. The molecular weight excluding hydrogens is 358 g/mol. The topological polar surface area (TPSA) is 38.2 Å². The van der Waals surface area contributed by atoms with E-state index in [4.69, 9.17) is 21.4 Å². The number of aromatic nitrogens is 1. The Hall–Kier alpha value is -0.590. The molecule has 0 radical (unpaired) electrons. The zero-order valence-electron chi connectivity index (χ0n) is 8.00. The maximum Gasteiger partial charge on any atom is 0.266 e. The van der Waals surface area contributed by atoms with E-state index in [2.05, 4.69) is 36.8 Å². The molecule has 0 amide bonds.